The Morgan fingerprint density at radius 2 is 2.11 bits per heavy atom. The quantitative estimate of drug-likeness (QED) is 0.888. The van der Waals surface area contributed by atoms with Gasteiger partial charge in [-0.25, -0.2) is 4.98 Å². The first-order valence-corrected chi connectivity index (χ1v) is 7.34. The smallest absolute Gasteiger partial charge is 0.293 e. The molecule has 0 atom stereocenters. The van der Waals surface area contributed by atoms with Crippen LogP contribution in [-0.2, 0) is 6.42 Å². The van der Waals surface area contributed by atoms with Crippen molar-refractivity contribution in [2.45, 2.75) is 52.9 Å². The minimum absolute atomic E-state index is 0.0256. The number of carbonyl (C=O) groups excluding carboxylic acids is 1. The molecule has 1 aromatic rings. The van der Waals surface area contributed by atoms with Gasteiger partial charge in [-0.2, -0.15) is 0 Å². The van der Waals surface area contributed by atoms with Crippen molar-refractivity contribution >= 4 is 5.91 Å². The molecule has 0 bridgehead atoms. The van der Waals surface area contributed by atoms with Gasteiger partial charge in [0, 0.05) is 19.5 Å². The summed E-state index contributed by atoms with van der Waals surface area (Å²) in [6.07, 6.45) is 5.19. The molecule has 0 unspecified atom stereocenters. The average Bonchev–Trinajstić information content (AvgIpc) is 3.05. The SMILES string of the molecule is CCCc1nc(C(=O)N2CCC(CC)(CC)C2)n[nH]1. The summed E-state index contributed by atoms with van der Waals surface area (Å²) in [6, 6.07) is 0. The molecule has 106 valence electrons. The number of aromatic amines is 1. The van der Waals surface area contributed by atoms with E-state index in [0.29, 0.717) is 11.2 Å². The summed E-state index contributed by atoms with van der Waals surface area (Å²) in [6.45, 7) is 8.18. The van der Waals surface area contributed by atoms with E-state index in [1.807, 2.05) is 4.90 Å². The average molecular weight is 264 g/mol. The first-order valence-electron chi connectivity index (χ1n) is 7.34. The van der Waals surface area contributed by atoms with Gasteiger partial charge in [0.05, 0.1) is 0 Å². The van der Waals surface area contributed by atoms with Crippen LogP contribution in [0.1, 0.15) is 62.9 Å². The lowest BCUT2D eigenvalue weighted by atomic mass is 9.82. The fourth-order valence-corrected chi connectivity index (χ4v) is 2.82. The van der Waals surface area contributed by atoms with E-state index in [-0.39, 0.29) is 5.91 Å². The monoisotopic (exact) mass is 264 g/mol. The molecule has 2 rings (SSSR count). The fraction of sp³-hybridized carbons (Fsp3) is 0.786. The Labute approximate surface area is 114 Å². The van der Waals surface area contributed by atoms with Crippen molar-refractivity contribution in [2.75, 3.05) is 13.1 Å². The van der Waals surface area contributed by atoms with Gasteiger partial charge >= 0.3 is 0 Å². The fourth-order valence-electron chi connectivity index (χ4n) is 2.82. The highest BCUT2D eigenvalue weighted by molar-refractivity contribution is 5.90. The molecule has 1 N–H and O–H groups in total. The van der Waals surface area contributed by atoms with Gasteiger partial charge in [-0.15, -0.1) is 5.10 Å². The second-order valence-corrected chi connectivity index (χ2v) is 5.54. The van der Waals surface area contributed by atoms with Gasteiger partial charge in [0.15, 0.2) is 0 Å². The largest absolute Gasteiger partial charge is 0.335 e. The van der Waals surface area contributed by atoms with Crippen molar-refractivity contribution in [3.05, 3.63) is 11.6 Å². The molecule has 2 heterocycles. The van der Waals surface area contributed by atoms with Gasteiger partial charge in [0.2, 0.25) is 5.82 Å². The van der Waals surface area contributed by atoms with Crippen LogP contribution in [0.2, 0.25) is 0 Å². The van der Waals surface area contributed by atoms with Crippen molar-refractivity contribution < 1.29 is 4.79 Å². The molecule has 5 heteroatoms. The Kier molecular flexibility index (Phi) is 4.22. The number of carbonyl (C=O) groups is 1. The highest BCUT2D eigenvalue weighted by atomic mass is 16.2. The second kappa shape index (κ2) is 5.72. The molecule has 1 aromatic heterocycles. The molecule has 19 heavy (non-hydrogen) atoms. The number of H-pyrrole nitrogens is 1. The Morgan fingerprint density at radius 1 is 1.37 bits per heavy atom. The highest BCUT2D eigenvalue weighted by Crippen LogP contribution is 2.37. The van der Waals surface area contributed by atoms with E-state index in [0.717, 1.165) is 51.0 Å². The van der Waals surface area contributed by atoms with Crippen molar-refractivity contribution in [3.8, 4) is 0 Å². The van der Waals surface area contributed by atoms with E-state index in [2.05, 4.69) is 36.0 Å². The summed E-state index contributed by atoms with van der Waals surface area (Å²) >= 11 is 0. The van der Waals surface area contributed by atoms with Crippen LogP contribution >= 0.6 is 0 Å². The Morgan fingerprint density at radius 3 is 2.68 bits per heavy atom. The Hall–Kier alpha value is -1.39. The van der Waals surface area contributed by atoms with Gasteiger partial charge in [-0.3, -0.25) is 9.89 Å². The standard InChI is InChI=1S/C14H24N4O/c1-4-7-11-15-12(17-16-11)13(19)18-9-8-14(5-2,6-3)10-18/h4-10H2,1-3H3,(H,15,16,17). The Bertz CT molecular complexity index is 436. The zero-order valence-corrected chi connectivity index (χ0v) is 12.2. The third-order valence-electron chi connectivity index (χ3n) is 4.44. The number of hydrogen-bond acceptors (Lipinski definition) is 3. The molecular formula is C14H24N4O. The van der Waals surface area contributed by atoms with E-state index in [1.165, 1.54) is 0 Å². The molecule has 1 fully saturated rings. The van der Waals surface area contributed by atoms with Crippen LogP contribution in [-0.4, -0.2) is 39.1 Å². The summed E-state index contributed by atoms with van der Waals surface area (Å²) in [5.41, 5.74) is 0.304. The van der Waals surface area contributed by atoms with Crippen LogP contribution in [0.3, 0.4) is 0 Å². The molecule has 1 aliphatic rings. The zero-order valence-electron chi connectivity index (χ0n) is 12.2. The summed E-state index contributed by atoms with van der Waals surface area (Å²) in [5, 5.41) is 6.90. The van der Waals surface area contributed by atoms with Gasteiger partial charge in [0.25, 0.3) is 5.91 Å². The van der Waals surface area contributed by atoms with Gasteiger partial charge in [0.1, 0.15) is 5.82 Å². The van der Waals surface area contributed by atoms with Crippen LogP contribution in [0.5, 0.6) is 0 Å². The van der Waals surface area contributed by atoms with E-state index in [4.69, 9.17) is 0 Å². The first-order chi connectivity index (χ1) is 9.14. The minimum Gasteiger partial charge on any atom is -0.335 e. The molecule has 5 nitrogen and oxygen atoms in total. The highest BCUT2D eigenvalue weighted by Gasteiger charge is 2.38. The number of nitrogens with zero attached hydrogens (tertiary/aromatic N) is 3. The summed E-state index contributed by atoms with van der Waals surface area (Å²) < 4.78 is 0. The van der Waals surface area contributed by atoms with Crippen LogP contribution in [0, 0.1) is 5.41 Å². The number of aromatic nitrogens is 3. The minimum atomic E-state index is -0.0256. The van der Waals surface area contributed by atoms with E-state index in [1.54, 1.807) is 0 Å². The second-order valence-electron chi connectivity index (χ2n) is 5.54. The molecule has 0 aromatic carbocycles. The molecule has 1 amide bonds. The number of aryl methyl sites for hydroxylation is 1. The van der Waals surface area contributed by atoms with Crippen LogP contribution in [0.4, 0.5) is 0 Å². The van der Waals surface area contributed by atoms with E-state index < -0.39 is 0 Å². The van der Waals surface area contributed by atoms with Crippen molar-refractivity contribution in [3.63, 3.8) is 0 Å². The molecule has 0 radical (unpaired) electrons. The number of nitrogens with one attached hydrogen (secondary N) is 1. The maximum absolute atomic E-state index is 12.4. The number of hydrogen-bond donors (Lipinski definition) is 1. The zero-order chi connectivity index (χ0) is 13.9. The number of rotatable bonds is 5. The molecule has 1 aliphatic heterocycles. The third kappa shape index (κ3) is 2.80. The molecular weight excluding hydrogens is 240 g/mol. The lowest BCUT2D eigenvalue weighted by molar-refractivity contribution is 0.0758. The summed E-state index contributed by atoms with van der Waals surface area (Å²) in [5.74, 6) is 1.11. The predicted molar refractivity (Wildman–Crippen MR) is 73.9 cm³/mol. The predicted octanol–water partition coefficient (Wildman–Crippen LogP) is 2.41. The summed E-state index contributed by atoms with van der Waals surface area (Å²) in [7, 11) is 0. The molecule has 1 saturated heterocycles. The summed E-state index contributed by atoms with van der Waals surface area (Å²) in [4.78, 5) is 18.6. The number of amides is 1. The first kappa shape index (κ1) is 14.0. The topological polar surface area (TPSA) is 61.9 Å². The maximum Gasteiger partial charge on any atom is 0.293 e. The molecule has 0 aliphatic carbocycles. The lowest BCUT2D eigenvalue weighted by Gasteiger charge is -2.25. The molecule has 0 saturated carbocycles. The lowest BCUT2D eigenvalue weighted by Crippen LogP contribution is -2.32. The number of likely N-dealkylation sites (tertiary alicyclic amines) is 1. The van der Waals surface area contributed by atoms with Gasteiger partial charge in [-0.05, 0) is 31.1 Å². The van der Waals surface area contributed by atoms with E-state index in [9.17, 15) is 4.79 Å². The van der Waals surface area contributed by atoms with Crippen molar-refractivity contribution in [1.29, 1.82) is 0 Å². The van der Waals surface area contributed by atoms with Crippen molar-refractivity contribution in [1.82, 2.24) is 20.1 Å². The van der Waals surface area contributed by atoms with Gasteiger partial charge in [-0.1, -0.05) is 20.8 Å². The van der Waals surface area contributed by atoms with E-state index >= 15 is 0 Å². The maximum atomic E-state index is 12.4. The van der Waals surface area contributed by atoms with Crippen LogP contribution in [0.15, 0.2) is 0 Å². The molecule has 0 spiro atoms. The normalized spacial score (nSPS) is 17.9. The third-order valence-corrected chi connectivity index (χ3v) is 4.44. The van der Waals surface area contributed by atoms with Crippen LogP contribution in [0.25, 0.3) is 0 Å². The van der Waals surface area contributed by atoms with Gasteiger partial charge < -0.3 is 4.90 Å². The Balaban J connectivity index is 2.04. The van der Waals surface area contributed by atoms with Crippen molar-refractivity contribution in [2.24, 2.45) is 5.41 Å². The van der Waals surface area contributed by atoms with Crippen LogP contribution < -0.4 is 0 Å².